The van der Waals surface area contributed by atoms with E-state index in [0.717, 1.165) is 15.9 Å². The van der Waals surface area contributed by atoms with Crippen LogP contribution in [-0.4, -0.2) is 18.2 Å². The van der Waals surface area contributed by atoms with Crippen LogP contribution < -0.4 is 4.90 Å². The molecule has 2 nitrogen and oxygen atoms in total. The molecule has 1 unspecified atom stereocenters. The molecule has 2 rings (SSSR count). The average Bonchev–Trinajstić information content (AvgIpc) is 2.53. The lowest BCUT2D eigenvalue weighted by Crippen LogP contribution is -2.33. The Labute approximate surface area is 138 Å². The van der Waals surface area contributed by atoms with Crippen LogP contribution in [0.5, 0.6) is 0 Å². The van der Waals surface area contributed by atoms with Crippen molar-refractivity contribution in [3.8, 4) is 0 Å². The summed E-state index contributed by atoms with van der Waals surface area (Å²) in [6.07, 6.45) is 0. The normalized spacial score (nSPS) is 12.0. The summed E-state index contributed by atoms with van der Waals surface area (Å²) in [5, 5.41) is -0.0705. The third-order valence-corrected chi connectivity index (χ3v) is 4.97. The first kappa shape index (κ1) is 16.1. The fourth-order valence-corrected chi connectivity index (χ4v) is 3.12. The zero-order chi connectivity index (χ0) is 15.2. The zero-order valence-electron chi connectivity index (χ0n) is 12.1. The molecule has 0 spiro atoms. The van der Waals surface area contributed by atoms with Gasteiger partial charge in [-0.1, -0.05) is 46.3 Å². The number of thioether (sulfide) groups is 1. The number of carbonyl (C=O) groups is 1. The summed E-state index contributed by atoms with van der Waals surface area (Å²) in [5.74, 6) is 0.964. The summed E-state index contributed by atoms with van der Waals surface area (Å²) in [7, 11) is 1.83. The SMILES string of the molecule is CC(SCc1ccc(Br)cc1)C(=O)N(C)c1ccccc1. The highest BCUT2D eigenvalue weighted by atomic mass is 79.9. The lowest BCUT2D eigenvalue weighted by Gasteiger charge is -2.21. The molecule has 0 saturated carbocycles. The maximum absolute atomic E-state index is 12.4. The molecule has 0 aromatic heterocycles. The van der Waals surface area contributed by atoms with Crippen LogP contribution in [0.25, 0.3) is 0 Å². The molecule has 0 N–H and O–H groups in total. The standard InChI is InChI=1S/C17H18BrNOS/c1-13(21-12-14-8-10-15(18)11-9-14)17(20)19(2)16-6-4-3-5-7-16/h3-11,13H,12H2,1-2H3. The number of carbonyl (C=O) groups excluding carboxylic acids is 1. The van der Waals surface area contributed by atoms with Gasteiger partial charge in [-0.2, -0.15) is 0 Å². The van der Waals surface area contributed by atoms with Crippen LogP contribution in [0.1, 0.15) is 12.5 Å². The van der Waals surface area contributed by atoms with Crippen molar-refractivity contribution in [1.29, 1.82) is 0 Å². The highest BCUT2D eigenvalue weighted by molar-refractivity contribution is 9.10. The molecule has 0 heterocycles. The lowest BCUT2D eigenvalue weighted by atomic mass is 10.2. The van der Waals surface area contributed by atoms with Crippen LogP contribution in [0.3, 0.4) is 0 Å². The summed E-state index contributed by atoms with van der Waals surface area (Å²) < 4.78 is 1.07. The Balaban J connectivity index is 1.92. The first-order chi connectivity index (χ1) is 10.1. The van der Waals surface area contributed by atoms with Gasteiger partial charge in [-0.05, 0) is 36.8 Å². The zero-order valence-corrected chi connectivity index (χ0v) is 14.5. The summed E-state index contributed by atoms with van der Waals surface area (Å²) in [6.45, 7) is 1.96. The molecule has 0 radical (unpaired) electrons. The van der Waals surface area contributed by atoms with Gasteiger partial charge in [0.05, 0.1) is 5.25 Å². The van der Waals surface area contributed by atoms with Crippen LogP contribution in [0.4, 0.5) is 5.69 Å². The lowest BCUT2D eigenvalue weighted by molar-refractivity contribution is -0.117. The molecule has 1 amide bonds. The van der Waals surface area contributed by atoms with Crippen molar-refractivity contribution in [2.24, 2.45) is 0 Å². The fourth-order valence-electron chi connectivity index (χ4n) is 1.92. The van der Waals surface area contributed by atoms with Gasteiger partial charge in [-0.3, -0.25) is 4.79 Å². The summed E-state index contributed by atoms with van der Waals surface area (Å²) in [5.41, 5.74) is 2.16. The minimum absolute atomic E-state index is 0.0705. The topological polar surface area (TPSA) is 20.3 Å². The number of para-hydroxylation sites is 1. The van der Waals surface area contributed by atoms with E-state index < -0.39 is 0 Å². The molecule has 0 aliphatic carbocycles. The van der Waals surface area contributed by atoms with Gasteiger partial charge in [0.15, 0.2) is 0 Å². The second-order valence-electron chi connectivity index (χ2n) is 4.81. The number of benzene rings is 2. The van der Waals surface area contributed by atoms with E-state index in [9.17, 15) is 4.79 Å². The van der Waals surface area contributed by atoms with Crippen LogP contribution in [-0.2, 0) is 10.5 Å². The van der Waals surface area contributed by atoms with Crippen molar-refractivity contribution in [1.82, 2.24) is 0 Å². The summed E-state index contributed by atoms with van der Waals surface area (Å²) in [4.78, 5) is 14.1. The van der Waals surface area contributed by atoms with E-state index in [1.54, 1.807) is 16.7 Å². The van der Waals surface area contributed by atoms with Crippen molar-refractivity contribution < 1.29 is 4.79 Å². The molecule has 2 aromatic rings. The number of anilines is 1. The Hall–Kier alpha value is -1.26. The Morgan fingerprint density at radius 2 is 1.76 bits per heavy atom. The molecule has 21 heavy (non-hydrogen) atoms. The van der Waals surface area contributed by atoms with E-state index in [1.165, 1.54) is 5.56 Å². The first-order valence-corrected chi connectivity index (χ1v) is 8.61. The van der Waals surface area contributed by atoms with Crippen LogP contribution in [0.2, 0.25) is 0 Å². The molecule has 0 fully saturated rings. The number of halogens is 1. The fraction of sp³-hybridized carbons (Fsp3) is 0.235. The van der Waals surface area contributed by atoms with Gasteiger partial charge in [-0.15, -0.1) is 11.8 Å². The Kier molecular flexibility index (Phi) is 5.88. The van der Waals surface area contributed by atoms with E-state index in [0.29, 0.717) is 0 Å². The van der Waals surface area contributed by atoms with Gasteiger partial charge in [0.2, 0.25) is 5.91 Å². The molecule has 2 aromatic carbocycles. The van der Waals surface area contributed by atoms with Crippen LogP contribution in [0, 0.1) is 0 Å². The maximum Gasteiger partial charge on any atom is 0.239 e. The molecule has 4 heteroatoms. The predicted molar refractivity (Wildman–Crippen MR) is 94.8 cm³/mol. The smallest absolute Gasteiger partial charge is 0.239 e. The molecular weight excluding hydrogens is 346 g/mol. The highest BCUT2D eigenvalue weighted by Crippen LogP contribution is 2.22. The van der Waals surface area contributed by atoms with E-state index in [4.69, 9.17) is 0 Å². The predicted octanol–water partition coefficient (Wildman–Crippen LogP) is 4.73. The third-order valence-electron chi connectivity index (χ3n) is 3.24. The highest BCUT2D eigenvalue weighted by Gasteiger charge is 2.18. The quantitative estimate of drug-likeness (QED) is 0.764. The van der Waals surface area contributed by atoms with Crippen molar-refractivity contribution >= 4 is 39.3 Å². The van der Waals surface area contributed by atoms with Gasteiger partial charge in [0.25, 0.3) is 0 Å². The number of nitrogens with zero attached hydrogens (tertiary/aromatic N) is 1. The first-order valence-electron chi connectivity index (χ1n) is 6.76. The van der Waals surface area contributed by atoms with Crippen molar-refractivity contribution in [3.63, 3.8) is 0 Å². The van der Waals surface area contributed by atoms with Gasteiger partial charge < -0.3 is 4.90 Å². The number of hydrogen-bond acceptors (Lipinski definition) is 2. The molecule has 0 aliphatic rings. The second-order valence-corrected chi connectivity index (χ2v) is 7.06. The number of rotatable bonds is 5. The van der Waals surface area contributed by atoms with Gasteiger partial charge in [0, 0.05) is 23.0 Å². The van der Waals surface area contributed by atoms with E-state index in [2.05, 4.69) is 28.1 Å². The van der Waals surface area contributed by atoms with Crippen LogP contribution in [0.15, 0.2) is 59.1 Å². The molecule has 0 saturated heterocycles. The number of amides is 1. The van der Waals surface area contributed by atoms with Gasteiger partial charge >= 0.3 is 0 Å². The molecular formula is C17H18BrNOS. The summed E-state index contributed by atoms with van der Waals surface area (Å²) >= 11 is 5.09. The minimum atomic E-state index is -0.0705. The van der Waals surface area contributed by atoms with Crippen molar-refractivity contribution in [3.05, 3.63) is 64.6 Å². The Morgan fingerprint density at radius 3 is 2.38 bits per heavy atom. The Bertz CT molecular complexity index is 585. The van der Waals surface area contributed by atoms with Crippen molar-refractivity contribution in [2.75, 3.05) is 11.9 Å². The van der Waals surface area contributed by atoms with Gasteiger partial charge in [-0.25, -0.2) is 0 Å². The molecule has 1 atom stereocenters. The second kappa shape index (κ2) is 7.66. The largest absolute Gasteiger partial charge is 0.315 e. The van der Waals surface area contributed by atoms with E-state index in [-0.39, 0.29) is 11.2 Å². The monoisotopic (exact) mass is 363 g/mol. The maximum atomic E-state index is 12.4. The van der Waals surface area contributed by atoms with Gasteiger partial charge in [0.1, 0.15) is 0 Å². The number of hydrogen-bond donors (Lipinski definition) is 0. The van der Waals surface area contributed by atoms with Crippen LogP contribution >= 0.6 is 27.7 Å². The average molecular weight is 364 g/mol. The van der Waals surface area contributed by atoms with E-state index in [1.807, 2.05) is 56.4 Å². The summed E-state index contributed by atoms with van der Waals surface area (Å²) in [6, 6.07) is 17.9. The van der Waals surface area contributed by atoms with E-state index >= 15 is 0 Å². The molecule has 110 valence electrons. The Morgan fingerprint density at radius 1 is 1.14 bits per heavy atom. The molecule has 0 bridgehead atoms. The minimum Gasteiger partial charge on any atom is -0.315 e. The van der Waals surface area contributed by atoms with Crippen molar-refractivity contribution in [2.45, 2.75) is 17.9 Å². The molecule has 0 aliphatic heterocycles. The third kappa shape index (κ3) is 4.61.